The number of carboxylic acid groups (broad SMARTS) is 1. The van der Waals surface area contributed by atoms with Crippen molar-refractivity contribution in [1.29, 1.82) is 0 Å². The summed E-state index contributed by atoms with van der Waals surface area (Å²) in [5.74, 6) is -0.428. The van der Waals surface area contributed by atoms with Crippen molar-refractivity contribution in [2.45, 2.75) is 19.4 Å². The molecule has 0 fully saturated rings. The zero-order valence-corrected chi connectivity index (χ0v) is 11.4. The first-order valence-corrected chi connectivity index (χ1v) is 6.32. The number of fused-ring (bicyclic) bond motifs is 1. The van der Waals surface area contributed by atoms with Gasteiger partial charge >= 0.3 is 5.97 Å². The average molecular weight is 293 g/mol. The van der Waals surface area contributed by atoms with E-state index in [1.165, 1.54) is 6.08 Å². The molecule has 0 bridgehead atoms. The summed E-state index contributed by atoms with van der Waals surface area (Å²) in [6.07, 6.45) is 1.91. The summed E-state index contributed by atoms with van der Waals surface area (Å²) in [6, 6.07) is 3.14. The Morgan fingerprint density at radius 2 is 2.10 bits per heavy atom. The lowest BCUT2D eigenvalue weighted by molar-refractivity contribution is -0.131. The summed E-state index contributed by atoms with van der Waals surface area (Å²) >= 11 is 0. The largest absolute Gasteiger partial charge is 0.480 e. The lowest BCUT2D eigenvalue weighted by Crippen LogP contribution is -2.33. The second-order valence-corrected chi connectivity index (χ2v) is 4.33. The fourth-order valence-electron chi connectivity index (χ4n) is 1.83. The third-order valence-electron chi connectivity index (χ3n) is 2.87. The van der Waals surface area contributed by atoms with E-state index in [1.54, 1.807) is 19.1 Å². The molecule has 2 rings (SSSR count). The Hall–Kier alpha value is -2.70. The van der Waals surface area contributed by atoms with Crippen LogP contribution >= 0.6 is 0 Å². The molecule has 1 aromatic carbocycles. The van der Waals surface area contributed by atoms with Gasteiger partial charge in [0.15, 0.2) is 17.6 Å². The molecule has 1 aliphatic rings. The number of carbonyl (C=O) groups excluding carboxylic acids is 1. The molecular weight excluding hydrogens is 278 g/mol. The maximum atomic E-state index is 11.3. The minimum atomic E-state index is -1.10. The zero-order chi connectivity index (χ0) is 15.4. The van der Waals surface area contributed by atoms with Crippen LogP contribution in [0.5, 0.6) is 17.2 Å². The Kier molecular flexibility index (Phi) is 4.32. The molecule has 3 N–H and O–H groups in total. The van der Waals surface area contributed by atoms with E-state index in [4.69, 9.17) is 25.1 Å². The van der Waals surface area contributed by atoms with E-state index in [0.717, 1.165) is 6.08 Å². The van der Waals surface area contributed by atoms with Gasteiger partial charge in [0.25, 0.3) is 5.91 Å². The number of amides is 1. The summed E-state index contributed by atoms with van der Waals surface area (Å²) in [5.41, 5.74) is 5.71. The smallest absolute Gasteiger partial charge is 0.328 e. The van der Waals surface area contributed by atoms with Crippen LogP contribution in [0.3, 0.4) is 0 Å². The van der Waals surface area contributed by atoms with Gasteiger partial charge < -0.3 is 25.1 Å². The molecule has 1 unspecified atom stereocenters. The quantitative estimate of drug-likeness (QED) is 0.762. The minimum absolute atomic E-state index is 0.0773. The first-order valence-electron chi connectivity index (χ1n) is 6.32. The molecule has 0 saturated carbocycles. The van der Waals surface area contributed by atoms with Crippen LogP contribution in [-0.2, 0) is 9.59 Å². The van der Waals surface area contributed by atoms with Crippen LogP contribution in [0, 0.1) is 0 Å². The van der Waals surface area contributed by atoms with Gasteiger partial charge in [-0.2, -0.15) is 0 Å². The molecule has 112 valence electrons. The van der Waals surface area contributed by atoms with Crippen LogP contribution in [-0.4, -0.2) is 29.9 Å². The van der Waals surface area contributed by atoms with Crippen molar-refractivity contribution in [2.24, 2.45) is 5.73 Å². The predicted molar refractivity (Wildman–Crippen MR) is 73.1 cm³/mol. The maximum absolute atomic E-state index is 11.3. The fraction of sp³-hybridized carbons (Fsp3) is 0.286. The molecular formula is C14H15NO6. The number of rotatable bonds is 6. The molecule has 1 heterocycles. The van der Waals surface area contributed by atoms with Crippen molar-refractivity contribution in [2.75, 3.05) is 6.79 Å². The number of carboxylic acids is 1. The predicted octanol–water partition coefficient (Wildman–Crippen LogP) is 1.16. The highest BCUT2D eigenvalue weighted by Crippen LogP contribution is 2.39. The van der Waals surface area contributed by atoms with Gasteiger partial charge in [-0.25, -0.2) is 4.79 Å². The van der Waals surface area contributed by atoms with Gasteiger partial charge in [0.2, 0.25) is 6.79 Å². The second kappa shape index (κ2) is 6.17. The number of hydrogen-bond donors (Lipinski definition) is 2. The monoisotopic (exact) mass is 293 g/mol. The third kappa shape index (κ3) is 3.44. The molecule has 7 nitrogen and oxygen atoms in total. The van der Waals surface area contributed by atoms with E-state index >= 15 is 0 Å². The molecule has 1 amide bonds. The molecule has 0 aromatic heterocycles. The Morgan fingerprint density at radius 3 is 2.67 bits per heavy atom. The topological polar surface area (TPSA) is 108 Å². The number of carbonyl (C=O) groups is 2. The van der Waals surface area contributed by atoms with Gasteiger partial charge in [0, 0.05) is 17.7 Å². The average Bonchev–Trinajstić information content (AvgIpc) is 2.88. The van der Waals surface area contributed by atoms with Crippen LogP contribution in [0.2, 0.25) is 0 Å². The number of benzene rings is 1. The summed E-state index contributed by atoms with van der Waals surface area (Å²) in [4.78, 5) is 21.9. The van der Waals surface area contributed by atoms with Crippen LogP contribution in [0.15, 0.2) is 18.2 Å². The van der Waals surface area contributed by atoms with Gasteiger partial charge in [-0.3, -0.25) is 4.79 Å². The van der Waals surface area contributed by atoms with Crippen LogP contribution in [0.25, 0.3) is 6.08 Å². The van der Waals surface area contributed by atoms with E-state index in [2.05, 4.69) is 0 Å². The molecule has 0 saturated heterocycles. The Balaban J connectivity index is 2.37. The highest BCUT2D eigenvalue weighted by atomic mass is 16.7. The summed E-state index contributed by atoms with van der Waals surface area (Å²) in [6.45, 7) is 1.84. The number of primary amides is 1. The van der Waals surface area contributed by atoms with Crippen molar-refractivity contribution in [3.63, 3.8) is 0 Å². The molecule has 0 aliphatic carbocycles. The summed E-state index contributed by atoms with van der Waals surface area (Å²) in [7, 11) is 0. The fourth-order valence-corrected chi connectivity index (χ4v) is 1.83. The van der Waals surface area contributed by atoms with Crippen molar-refractivity contribution >= 4 is 18.0 Å². The number of ether oxygens (including phenoxy) is 3. The van der Waals surface area contributed by atoms with E-state index in [0.29, 0.717) is 29.2 Å². The lowest BCUT2D eigenvalue weighted by Gasteiger charge is -2.16. The SMILES string of the molecule is CCC(Oc1cc2c(cc1C=CC(=O)O)OCO2)C(N)=O. The third-order valence-corrected chi connectivity index (χ3v) is 2.87. The van der Waals surface area contributed by atoms with Crippen molar-refractivity contribution in [3.8, 4) is 17.2 Å². The minimum Gasteiger partial charge on any atom is -0.480 e. The van der Waals surface area contributed by atoms with Gasteiger partial charge in [-0.05, 0) is 18.6 Å². The van der Waals surface area contributed by atoms with Crippen molar-refractivity contribution in [3.05, 3.63) is 23.8 Å². The van der Waals surface area contributed by atoms with E-state index in [9.17, 15) is 9.59 Å². The standard InChI is InChI=1S/C14H15NO6/c1-2-9(14(15)18)21-10-6-12-11(19-7-20-12)5-8(10)3-4-13(16)17/h3-6,9H,2,7H2,1H3,(H2,15,18)(H,16,17). The summed E-state index contributed by atoms with van der Waals surface area (Å²) < 4.78 is 16.0. The normalized spacial score (nSPS) is 14.1. The van der Waals surface area contributed by atoms with Crippen molar-refractivity contribution in [1.82, 2.24) is 0 Å². The molecule has 1 atom stereocenters. The Labute approximate surface area is 120 Å². The first-order chi connectivity index (χ1) is 10.0. The van der Waals surface area contributed by atoms with Crippen LogP contribution in [0.1, 0.15) is 18.9 Å². The van der Waals surface area contributed by atoms with Gasteiger partial charge in [0.1, 0.15) is 5.75 Å². The number of aliphatic carboxylic acids is 1. The van der Waals surface area contributed by atoms with Crippen LogP contribution < -0.4 is 19.9 Å². The van der Waals surface area contributed by atoms with Crippen LogP contribution in [0.4, 0.5) is 0 Å². The highest BCUT2D eigenvalue weighted by Gasteiger charge is 2.21. The van der Waals surface area contributed by atoms with Gasteiger partial charge in [-0.15, -0.1) is 0 Å². The van der Waals surface area contributed by atoms with E-state index in [-0.39, 0.29) is 6.79 Å². The number of nitrogens with two attached hydrogens (primary N) is 1. The second-order valence-electron chi connectivity index (χ2n) is 4.33. The molecule has 7 heteroatoms. The van der Waals surface area contributed by atoms with Gasteiger partial charge in [0.05, 0.1) is 0 Å². The summed E-state index contributed by atoms with van der Waals surface area (Å²) in [5, 5.41) is 8.72. The molecule has 21 heavy (non-hydrogen) atoms. The maximum Gasteiger partial charge on any atom is 0.328 e. The van der Waals surface area contributed by atoms with Crippen molar-refractivity contribution < 1.29 is 28.9 Å². The van der Waals surface area contributed by atoms with E-state index < -0.39 is 18.0 Å². The molecule has 0 radical (unpaired) electrons. The first kappa shape index (κ1) is 14.7. The number of hydrogen-bond acceptors (Lipinski definition) is 5. The molecule has 0 spiro atoms. The Morgan fingerprint density at radius 1 is 1.43 bits per heavy atom. The molecule has 1 aromatic rings. The lowest BCUT2D eigenvalue weighted by atomic mass is 10.1. The highest BCUT2D eigenvalue weighted by molar-refractivity contribution is 5.86. The Bertz CT molecular complexity index is 595. The zero-order valence-electron chi connectivity index (χ0n) is 11.4. The van der Waals surface area contributed by atoms with E-state index in [1.807, 2.05) is 0 Å². The van der Waals surface area contributed by atoms with Gasteiger partial charge in [-0.1, -0.05) is 6.92 Å². The molecule has 1 aliphatic heterocycles.